The Kier molecular flexibility index (Phi) is 3.57. The quantitative estimate of drug-likeness (QED) is 0.572. The van der Waals surface area contributed by atoms with Gasteiger partial charge >= 0.3 is 6.36 Å². The van der Waals surface area contributed by atoms with E-state index < -0.39 is 6.36 Å². The molecular formula is C10H11F3O2. The Bertz CT molecular complexity index is 321. The minimum atomic E-state index is -4.78. The lowest BCUT2D eigenvalue weighted by Crippen LogP contribution is -2.15. The highest BCUT2D eigenvalue weighted by atomic mass is 19.4. The molecule has 0 N–H and O–H groups in total. The Morgan fingerprint density at radius 1 is 1.20 bits per heavy atom. The average molecular weight is 220 g/mol. The molecule has 0 unspecified atom stereocenters. The van der Waals surface area contributed by atoms with E-state index in [0.29, 0.717) is 0 Å². The van der Waals surface area contributed by atoms with Crippen LogP contribution < -0.4 is 4.89 Å². The predicted molar refractivity (Wildman–Crippen MR) is 48.3 cm³/mol. The number of alkyl halides is 3. The van der Waals surface area contributed by atoms with Crippen LogP contribution in [0, 0.1) is 0 Å². The first-order valence-corrected chi connectivity index (χ1v) is 4.41. The zero-order valence-corrected chi connectivity index (χ0v) is 8.34. The summed E-state index contributed by atoms with van der Waals surface area (Å²) in [7, 11) is 0. The van der Waals surface area contributed by atoms with Crippen molar-refractivity contribution in [2.75, 3.05) is 0 Å². The summed E-state index contributed by atoms with van der Waals surface area (Å²) in [5, 5.41) is 0. The third kappa shape index (κ3) is 4.20. The van der Waals surface area contributed by atoms with Gasteiger partial charge in [-0.15, -0.1) is 13.2 Å². The highest BCUT2D eigenvalue weighted by Crippen LogP contribution is 2.23. The molecule has 0 atom stereocenters. The van der Waals surface area contributed by atoms with E-state index in [1.165, 1.54) is 12.1 Å². The Morgan fingerprint density at radius 3 is 2.40 bits per heavy atom. The molecule has 0 bridgehead atoms. The lowest BCUT2D eigenvalue weighted by Gasteiger charge is -2.09. The summed E-state index contributed by atoms with van der Waals surface area (Å²) in [6.45, 7) is 3.87. The second-order valence-electron chi connectivity index (χ2n) is 3.34. The highest BCUT2D eigenvalue weighted by molar-refractivity contribution is 5.29. The number of halogens is 3. The van der Waals surface area contributed by atoms with Crippen LogP contribution in [-0.4, -0.2) is 6.36 Å². The second-order valence-corrected chi connectivity index (χ2v) is 3.34. The third-order valence-corrected chi connectivity index (χ3v) is 1.76. The van der Waals surface area contributed by atoms with Gasteiger partial charge in [0.15, 0.2) is 5.75 Å². The van der Waals surface area contributed by atoms with Crippen molar-refractivity contribution in [1.82, 2.24) is 0 Å². The summed E-state index contributed by atoms with van der Waals surface area (Å²) in [5.41, 5.74) is 0.887. The van der Waals surface area contributed by atoms with Crippen LogP contribution in [-0.2, 0) is 4.89 Å². The van der Waals surface area contributed by atoms with Gasteiger partial charge in [-0.2, -0.15) is 0 Å². The van der Waals surface area contributed by atoms with E-state index in [2.05, 4.69) is 9.78 Å². The normalized spacial score (nSPS) is 11.9. The molecule has 2 nitrogen and oxygen atoms in total. The molecule has 0 aliphatic rings. The van der Waals surface area contributed by atoms with E-state index in [-0.39, 0.29) is 11.7 Å². The van der Waals surface area contributed by atoms with Gasteiger partial charge in [0, 0.05) is 0 Å². The van der Waals surface area contributed by atoms with Crippen molar-refractivity contribution in [2.24, 2.45) is 0 Å². The van der Waals surface area contributed by atoms with Crippen LogP contribution in [0.15, 0.2) is 24.3 Å². The van der Waals surface area contributed by atoms with Crippen LogP contribution in [0.1, 0.15) is 25.3 Å². The zero-order valence-electron chi connectivity index (χ0n) is 8.34. The Morgan fingerprint density at radius 2 is 1.87 bits per heavy atom. The van der Waals surface area contributed by atoms with Crippen LogP contribution >= 0.6 is 0 Å². The number of hydrogen-bond donors (Lipinski definition) is 0. The molecule has 5 heteroatoms. The molecule has 0 saturated heterocycles. The summed E-state index contributed by atoms with van der Waals surface area (Å²) in [4.78, 5) is 7.39. The molecule has 0 saturated carbocycles. The molecule has 0 aliphatic carbocycles. The number of benzene rings is 1. The lowest BCUT2D eigenvalue weighted by molar-refractivity contribution is -0.444. The topological polar surface area (TPSA) is 18.5 Å². The average Bonchev–Trinajstić information content (AvgIpc) is 2.14. The van der Waals surface area contributed by atoms with Crippen molar-refractivity contribution >= 4 is 0 Å². The molecule has 0 aliphatic heterocycles. The zero-order chi connectivity index (χ0) is 11.5. The summed E-state index contributed by atoms with van der Waals surface area (Å²) in [6, 6.07) is 6.34. The fourth-order valence-electron chi connectivity index (χ4n) is 1.02. The smallest absolute Gasteiger partial charge is 0.329 e. The SMILES string of the molecule is CC(C)c1cccc(OOC(F)(F)F)c1. The molecule has 0 spiro atoms. The minimum Gasteiger partial charge on any atom is -0.329 e. The van der Waals surface area contributed by atoms with Crippen LogP contribution in [0.25, 0.3) is 0 Å². The first-order valence-electron chi connectivity index (χ1n) is 4.41. The Hall–Kier alpha value is -1.23. The van der Waals surface area contributed by atoms with Gasteiger partial charge < -0.3 is 4.89 Å². The van der Waals surface area contributed by atoms with Gasteiger partial charge in [0.2, 0.25) is 0 Å². The Labute approximate surface area is 85.5 Å². The molecule has 0 heterocycles. The van der Waals surface area contributed by atoms with E-state index in [1.54, 1.807) is 6.07 Å². The highest BCUT2D eigenvalue weighted by Gasteiger charge is 2.32. The predicted octanol–water partition coefficient (Wildman–Crippen LogP) is 3.64. The van der Waals surface area contributed by atoms with Crippen LogP contribution in [0.3, 0.4) is 0 Å². The molecule has 0 radical (unpaired) electrons. The van der Waals surface area contributed by atoms with Gasteiger partial charge in [-0.1, -0.05) is 30.9 Å². The second kappa shape index (κ2) is 4.53. The van der Waals surface area contributed by atoms with Gasteiger partial charge in [0.25, 0.3) is 0 Å². The van der Waals surface area contributed by atoms with Crippen LogP contribution in [0.4, 0.5) is 13.2 Å². The maximum Gasteiger partial charge on any atom is 0.558 e. The molecule has 1 aromatic carbocycles. The summed E-state index contributed by atoms with van der Waals surface area (Å²) >= 11 is 0. The first-order chi connectivity index (χ1) is 6.88. The van der Waals surface area contributed by atoms with E-state index in [0.717, 1.165) is 5.56 Å². The minimum absolute atomic E-state index is 0.0403. The van der Waals surface area contributed by atoms with Crippen LogP contribution in [0.5, 0.6) is 5.75 Å². The largest absolute Gasteiger partial charge is 0.558 e. The summed E-state index contributed by atoms with van der Waals surface area (Å²) in [6.07, 6.45) is -4.78. The lowest BCUT2D eigenvalue weighted by atomic mass is 10.0. The van der Waals surface area contributed by atoms with E-state index >= 15 is 0 Å². The fourth-order valence-corrected chi connectivity index (χ4v) is 1.02. The fraction of sp³-hybridized carbons (Fsp3) is 0.400. The van der Waals surface area contributed by atoms with E-state index in [9.17, 15) is 13.2 Å². The molecular weight excluding hydrogens is 209 g/mol. The molecule has 15 heavy (non-hydrogen) atoms. The van der Waals surface area contributed by atoms with E-state index in [4.69, 9.17) is 0 Å². The van der Waals surface area contributed by atoms with Crippen molar-refractivity contribution in [3.8, 4) is 5.75 Å². The van der Waals surface area contributed by atoms with Crippen molar-refractivity contribution in [3.05, 3.63) is 29.8 Å². The molecule has 0 fully saturated rings. The van der Waals surface area contributed by atoms with Gasteiger partial charge in [-0.05, 0) is 23.6 Å². The van der Waals surface area contributed by atoms with Crippen molar-refractivity contribution in [2.45, 2.75) is 26.1 Å². The summed E-state index contributed by atoms with van der Waals surface area (Å²) in [5.74, 6) is 0.262. The standard InChI is InChI=1S/C10H11F3O2/c1-7(2)8-4-3-5-9(6-8)14-15-10(11,12)13/h3-7H,1-2H3. The van der Waals surface area contributed by atoms with Gasteiger partial charge in [0.1, 0.15) is 0 Å². The molecule has 84 valence electrons. The van der Waals surface area contributed by atoms with Crippen LogP contribution in [0.2, 0.25) is 0 Å². The first kappa shape index (κ1) is 11.8. The van der Waals surface area contributed by atoms with Gasteiger partial charge in [-0.25, -0.2) is 0 Å². The number of rotatable bonds is 3. The summed E-state index contributed by atoms with van der Waals surface area (Å²) < 4.78 is 35.0. The molecule has 1 aromatic rings. The van der Waals surface area contributed by atoms with Crippen molar-refractivity contribution in [3.63, 3.8) is 0 Å². The number of hydrogen-bond acceptors (Lipinski definition) is 2. The maximum atomic E-state index is 11.7. The molecule has 0 aromatic heterocycles. The molecule has 1 rings (SSSR count). The monoisotopic (exact) mass is 220 g/mol. The van der Waals surface area contributed by atoms with Crippen molar-refractivity contribution in [1.29, 1.82) is 0 Å². The van der Waals surface area contributed by atoms with Gasteiger partial charge in [0.05, 0.1) is 0 Å². The third-order valence-electron chi connectivity index (χ3n) is 1.76. The van der Waals surface area contributed by atoms with Gasteiger partial charge in [-0.3, -0.25) is 0 Å². The van der Waals surface area contributed by atoms with Crippen molar-refractivity contribution < 1.29 is 22.9 Å². The Balaban J connectivity index is 2.66. The van der Waals surface area contributed by atoms with E-state index in [1.807, 2.05) is 19.9 Å². The molecule has 0 amide bonds. The maximum absolute atomic E-state index is 11.7.